The topological polar surface area (TPSA) is 34.9 Å². The maximum atomic E-state index is 10.9. The molecule has 0 N–H and O–H groups in total. The first-order valence-corrected chi connectivity index (χ1v) is 4.63. The number of thioether (sulfide) groups is 1. The maximum Gasteiger partial charge on any atom is 0.142 e. The Balaban J connectivity index is 2.58. The lowest BCUT2D eigenvalue weighted by atomic mass is 10.3. The molecule has 0 spiro atoms. The molecule has 4 heteroatoms. The van der Waals surface area contributed by atoms with E-state index in [0.717, 1.165) is 4.90 Å². The van der Waals surface area contributed by atoms with Crippen LogP contribution in [0.3, 0.4) is 0 Å². The van der Waals surface area contributed by atoms with E-state index in [-0.39, 0.29) is 11.0 Å². The van der Waals surface area contributed by atoms with Crippen LogP contribution in [0, 0.1) is 0 Å². The van der Waals surface area contributed by atoms with Gasteiger partial charge in [0.15, 0.2) is 0 Å². The van der Waals surface area contributed by atoms with Crippen molar-refractivity contribution in [1.29, 1.82) is 0 Å². The average Bonchev–Trinajstić information content (AvgIpc) is 2.35. The van der Waals surface area contributed by atoms with Gasteiger partial charge in [0.25, 0.3) is 0 Å². The van der Waals surface area contributed by atoms with Gasteiger partial charge in [-0.15, -0.1) is 11.8 Å². The van der Waals surface area contributed by atoms with E-state index in [4.69, 9.17) is 0 Å². The van der Waals surface area contributed by atoms with Gasteiger partial charge in [-0.05, 0) is 13.8 Å². The lowest BCUT2D eigenvalue weighted by Gasteiger charge is -2.03. The van der Waals surface area contributed by atoms with Crippen LogP contribution in [-0.4, -0.2) is 20.8 Å². The van der Waals surface area contributed by atoms with Gasteiger partial charge in [0.05, 0.1) is 11.4 Å². The van der Waals surface area contributed by atoms with Crippen LogP contribution in [-0.2, 0) is 11.8 Å². The van der Waals surface area contributed by atoms with Crippen LogP contribution in [0.1, 0.15) is 13.8 Å². The zero-order valence-corrected chi connectivity index (χ0v) is 8.26. The highest BCUT2D eigenvalue weighted by Gasteiger charge is 2.09. The number of rotatable bonds is 3. The lowest BCUT2D eigenvalue weighted by molar-refractivity contribution is -0.116. The van der Waals surface area contributed by atoms with Crippen molar-refractivity contribution in [3.63, 3.8) is 0 Å². The molecule has 0 aliphatic heterocycles. The largest absolute Gasteiger partial charge is 0.299 e. The molecule has 12 heavy (non-hydrogen) atoms. The van der Waals surface area contributed by atoms with Crippen LogP contribution in [0.2, 0.25) is 0 Å². The van der Waals surface area contributed by atoms with E-state index in [1.807, 2.05) is 20.2 Å². The fraction of sp³-hybridized carbons (Fsp3) is 0.500. The molecule has 0 amide bonds. The standard InChI is InChI=1S/C8H12N2OS/c1-6(11)7(2)12-8-4-9-10(3)5-8/h4-5,7H,1-3H3. The van der Waals surface area contributed by atoms with Crippen molar-refractivity contribution in [2.24, 2.45) is 7.05 Å². The predicted molar refractivity (Wildman–Crippen MR) is 49.2 cm³/mol. The zero-order chi connectivity index (χ0) is 9.14. The molecule has 1 aromatic rings. The Hall–Kier alpha value is -0.770. The van der Waals surface area contributed by atoms with Gasteiger partial charge >= 0.3 is 0 Å². The molecule has 1 aromatic heterocycles. The first kappa shape index (κ1) is 9.32. The monoisotopic (exact) mass is 184 g/mol. The van der Waals surface area contributed by atoms with Gasteiger partial charge in [-0.25, -0.2) is 0 Å². The van der Waals surface area contributed by atoms with Gasteiger partial charge in [-0.2, -0.15) is 5.10 Å². The maximum absolute atomic E-state index is 10.9. The summed E-state index contributed by atoms with van der Waals surface area (Å²) in [5.41, 5.74) is 0. The second kappa shape index (κ2) is 3.76. The third-order valence-corrected chi connectivity index (χ3v) is 2.74. The molecule has 1 unspecified atom stereocenters. The second-order valence-corrected chi connectivity index (χ2v) is 4.13. The minimum Gasteiger partial charge on any atom is -0.299 e. The second-order valence-electron chi connectivity index (χ2n) is 2.72. The molecule has 0 aliphatic carbocycles. The molecule has 0 saturated heterocycles. The summed E-state index contributed by atoms with van der Waals surface area (Å²) in [7, 11) is 1.86. The molecule has 0 saturated carbocycles. The van der Waals surface area contributed by atoms with E-state index in [2.05, 4.69) is 5.10 Å². The van der Waals surface area contributed by atoms with Crippen LogP contribution in [0.15, 0.2) is 17.3 Å². The number of carbonyl (C=O) groups excluding carboxylic acids is 1. The Morgan fingerprint density at radius 1 is 1.75 bits per heavy atom. The Kier molecular flexibility index (Phi) is 2.92. The summed E-state index contributed by atoms with van der Waals surface area (Å²) in [5, 5.41) is 4.04. The van der Waals surface area contributed by atoms with Crippen molar-refractivity contribution in [2.45, 2.75) is 24.0 Å². The van der Waals surface area contributed by atoms with Crippen LogP contribution in [0.25, 0.3) is 0 Å². The normalized spacial score (nSPS) is 12.9. The number of Topliss-reactive ketones (excluding diaryl/α,β-unsaturated/α-hetero) is 1. The highest BCUT2D eigenvalue weighted by atomic mass is 32.2. The SMILES string of the molecule is CC(=O)C(C)Sc1cnn(C)c1. The Morgan fingerprint density at radius 3 is 2.83 bits per heavy atom. The van der Waals surface area contributed by atoms with E-state index >= 15 is 0 Å². The van der Waals surface area contributed by atoms with Crippen molar-refractivity contribution < 1.29 is 4.79 Å². The summed E-state index contributed by atoms with van der Waals surface area (Å²) in [6, 6.07) is 0. The van der Waals surface area contributed by atoms with Crippen LogP contribution < -0.4 is 0 Å². The number of aromatic nitrogens is 2. The smallest absolute Gasteiger partial charge is 0.142 e. The third-order valence-electron chi connectivity index (χ3n) is 1.57. The summed E-state index contributed by atoms with van der Waals surface area (Å²) < 4.78 is 1.73. The number of carbonyl (C=O) groups is 1. The zero-order valence-electron chi connectivity index (χ0n) is 7.44. The third kappa shape index (κ3) is 2.37. The number of hydrogen-bond acceptors (Lipinski definition) is 3. The minimum absolute atomic E-state index is 0.0224. The fourth-order valence-corrected chi connectivity index (χ4v) is 1.64. The molecule has 0 radical (unpaired) electrons. The molecule has 0 fully saturated rings. The summed E-state index contributed by atoms with van der Waals surface area (Å²) >= 11 is 1.54. The molecule has 1 rings (SSSR count). The first-order chi connectivity index (χ1) is 5.59. The summed E-state index contributed by atoms with van der Waals surface area (Å²) in [6.07, 6.45) is 3.67. The van der Waals surface area contributed by atoms with Gasteiger partial charge in [-0.1, -0.05) is 0 Å². The van der Waals surface area contributed by atoms with Gasteiger partial charge in [-0.3, -0.25) is 9.48 Å². The molecule has 1 atom stereocenters. The number of ketones is 1. The Labute approximate surface area is 76.1 Å². The Morgan fingerprint density at radius 2 is 2.42 bits per heavy atom. The highest BCUT2D eigenvalue weighted by molar-refractivity contribution is 8.00. The summed E-state index contributed by atoms with van der Waals surface area (Å²) in [6.45, 7) is 3.51. The van der Waals surface area contributed by atoms with Gasteiger partial charge < -0.3 is 0 Å². The quantitative estimate of drug-likeness (QED) is 0.667. The summed E-state index contributed by atoms with van der Waals surface area (Å²) in [5.74, 6) is 0.198. The van der Waals surface area contributed by atoms with Gasteiger partial charge in [0.2, 0.25) is 0 Å². The fourth-order valence-electron chi connectivity index (χ4n) is 0.747. The molecule has 0 bridgehead atoms. The van der Waals surface area contributed by atoms with E-state index in [1.165, 1.54) is 11.8 Å². The van der Waals surface area contributed by atoms with E-state index in [9.17, 15) is 4.79 Å². The Bertz CT molecular complexity index is 282. The highest BCUT2D eigenvalue weighted by Crippen LogP contribution is 2.22. The van der Waals surface area contributed by atoms with Gasteiger partial charge in [0, 0.05) is 18.1 Å². The molecule has 1 heterocycles. The van der Waals surface area contributed by atoms with E-state index in [0.29, 0.717) is 0 Å². The first-order valence-electron chi connectivity index (χ1n) is 3.75. The van der Waals surface area contributed by atoms with Crippen molar-refractivity contribution in [1.82, 2.24) is 9.78 Å². The molecule has 3 nitrogen and oxygen atoms in total. The molecule has 0 aliphatic rings. The minimum atomic E-state index is 0.0224. The summed E-state index contributed by atoms with van der Waals surface area (Å²) in [4.78, 5) is 11.9. The molecular formula is C8H12N2OS. The number of hydrogen-bond donors (Lipinski definition) is 0. The number of nitrogens with zero attached hydrogens (tertiary/aromatic N) is 2. The number of aryl methyl sites for hydroxylation is 1. The van der Waals surface area contributed by atoms with Crippen molar-refractivity contribution in [2.75, 3.05) is 0 Å². The molecular weight excluding hydrogens is 172 g/mol. The van der Waals surface area contributed by atoms with Crippen LogP contribution in [0.5, 0.6) is 0 Å². The van der Waals surface area contributed by atoms with Crippen LogP contribution in [0.4, 0.5) is 0 Å². The van der Waals surface area contributed by atoms with Crippen molar-refractivity contribution >= 4 is 17.5 Å². The van der Waals surface area contributed by atoms with E-state index < -0.39 is 0 Å². The van der Waals surface area contributed by atoms with Crippen LogP contribution >= 0.6 is 11.8 Å². The van der Waals surface area contributed by atoms with Gasteiger partial charge in [0.1, 0.15) is 5.78 Å². The molecule has 0 aromatic carbocycles. The predicted octanol–water partition coefficient (Wildman–Crippen LogP) is 1.49. The lowest BCUT2D eigenvalue weighted by Crippen LogP contribution is -2.07. The average molecular weight is 184 g/mol. The van der Waals surface area contributed by atoms with E-state index in [1.54, 1.807) is 17.8 Å². The van der Waals surface area contributed by atoms with Crippen molar-refractivity contribution in [3.05, 3.63) is 12.4 Å². The molecule has 66 valence electrons. The van der Waals surface area contributed by atoms with Crippen molar-refractivity contribution in [3.8, 4) is 0 Å².